The smallest absolute Gasteiger partial charge is 0.244 e. The molecule has 0 atom stereocenters. The van der Waals surface area contributed by atoms with Crippen molar-refractivity contribution in [1.82, 2.24) is 10.3 Å². The predicted molar refractivity (Wildman–Crippen MR) is 124 cm³/mol. The minimum absolute atomic E-state index is 0.178. The first-order valence-electron chi connectivity index (χ1n) is 9.86. The summed E-state index contributed by atoms with van der Waals surface area (Å²) in [4.78, 5) is 16.7. The second-order valence-corrected chi connectivity index (χ2v) is 7.89. The maximum Gasteiger partial charge on any atom is 0.244 e. The number of fused-ring (bicyclic) bond motifs is 1. The average Bonchev–Trinajstić information content (AvgIpc) is 3.24. The highest BCUT2D eigenvalue weighted by Gasteiger charge is 2.07. The molecule has 1 aromatic heterocycles. The molecule has 0 aliphatic rings. The molecule has 4 aromatic rings. The van der Waals surface area contributed by atoms with Crippen molar-refractivity contribution in [2.75, 3.05) is 7.11 Å². The van der Waals surface area contributed by atoms with Crippen molar-refractivity contribution in [3.05, 3.63) is 95.0 Å². The number of aromatic nitrogens is 1. The number of nitrogens with zero attached hydrogens (tertiary/aromatic N) is 1. The SMILES string of the molecule is COc1cc(CNC(=O)/C=C/c2nc3ccccc3s2)ccc1OCc1ccccc1. The van der Waals surface area contributed by atoms with Crippen LogP contribution < -0.4 is 14.8 Å². The van der Waals surface area contributed by atoms with Gasteiger partial charge >= 0.3 is 0 Å². The van der Waals surface area contributed by atoms with Crippen molar-refractivity contribution in [2.24, 2.45) is 0 Å². The van der Waals surface area contributed by atoms with E-state index in [1.807, 2.05) is 72.8 Å². The Morgan fingerprint density at radius 3 is 2.61 bits per heavy atom. The maximum atomic E-state index is 12.2. The highest BCUT2D eigenvalue weighted by atomic mass is 32.1. The van der Waals surface area contributed by atoms with E-state index in [2.05, 4.69) is 10.3 Å². The van der Waals surface area contributed by atoms with Gasteiger partial charge in [0.05, 0.1) is 17.3 Å². The third kappa shape index (κ3) is 5.49. The molecule has 1 N–H and O–H groups in total. The largest absolute Gasteiger partial charge is 0.493 e. The van der Waals surface area contributed by atoms with Gasteiger partial charge in [-0.1, -0.05) is 48.5 Å². The molecule has 31 heavy (non-hydrogen) atoms. The van der Waals surface area contributed by atoms with E-state index in [0.29, 0.717) is 24.7 Å². The van der Waals surface area contributed by atoms with Gasteiger partial charge in [0.2, 0.25) is 5.91 Å². The number of carbonyl (C=O) groups is 1. The van der Waals surface area contributed by atoms with Crippen molar-refractivity contribution in [3.8, 4) is 11.5 Å². The molecule has 1 heterocycles. The Balaban J connectivity index is 1.33. The molecule has 3 aromatic carbocycles. The van der Waals surface area contributed by atoms with E-state index in [9.17, 15) is 4.79 Å². The van der Waals surface area contributed by atoms with Gasteiger partial charge in [-0.2, -0.15) is 0 Å². The highest BCUT2D eigenvalue weighted by molar-refractivity contribution is 7.19. The third-order valence-corrected chi connectivity index (χ3v) is 5.62. The molecular formula is C25H22N2O3S. The number of hydrogen-bond donors (Lipinski definition) is 1. The monoisotopic (exact) mass is 430 g/mol. The molecule has 0 fully saturated rings. The minimum atomic E-state index is -0.178. The average molecular weight is 431 g/mol. The molecule has 156 valence electrons. The van der Waals surface area contributed by atoms with Crippen LogP contribution in [-0.2, 0) is 17.9 Å². The van der Waals surface area contributed by atoms with E-state index in [1.165, 1.54) is 6.08 Å². The number of ether oxygens (including phenoxy) is 2. The number of hydrogen-bond acceptors (Lipinski definition) is 5. The lowest BCUT2D eigenvalue weighted by Gasteiger charge is -2.12. The summed E-state index contributed by atoms with van der Waals surface area (Å²) in [5.74, 6) is 1.12. The van der Waals surface area contributed by atoms with E-state index in [-0.39, 0.29) is 5.91 Å². The summed E-state index contributed by atoms with van der Waals surface area (Å²) < 4.78 is 12.4. The fourth-order valence-electron chi connectivity index (χ4n) is 3.03. The first-order chi connectivity index (χ1) is 15.2. The lowest BCUT2D eigenvalue weighted by Crippen LogP contribution is -2.20. The Morgan fingerprint density at radius 2 is 1.81 bits per heavy atom. The van der Waals surface area contributed by atoms with Crippen molar-refractivity contribution in [3.63, 3.8) is 0 Å². The molecule has 0 saturated carbocycles. The van der Waals surface area contributed by atoms with E-state index in [0.717, 1.165) is 26.4 Å². The molecule has 0 saturated heterocycles. The van der Waals surface area contributed by atoms with Gasteiger partial charge in [0.1, 0.15) is 11.6 Å². The Labute approximate surface area is 185 Å². The van der Waals surface area contributed by atoms with Crippen LogP contribution in [0.4, 0.5) is 0 Å². The number of thiazole rings is 1. The standard InChI is InChI=1S/C25H22N2O3S/c1-29-22-15-19(11-12-21(22)30-17-18-7-3-2-4-8-18)16-26-24(28)13-14-25-27-20-9-5-6-10-23(20)31-25/h2-15H,16-17H2,1H3,(H,26,28)/b14-13+. The van der Waals surface area contributed by atoms with Crippen LogP contribution in [0.15, 0.2) is 78.9 Å². The van der Waals surface area contributed by atoms with Crippen molar-refractivity contribution in [1.29, 1.82) is 0 Å². The van der Waals surface area contributed by atoms with Gasteiger partial charge in [0.25, 0.3) is 0 Å². The summed E-state index contributed by atoms with van der Waals surface area (Å²) in [5, 5.41) is 3.69. The van der Waals surface area contributed by atoms with Crippen molar-refractivity contribution in [2.45, 2.75) is 13.2 Å². The fraction of sp³-hybridized carbons (Fsp3) is 0.120. The van der Waals surface area contributed by atoms with Gasteiger partial charge in [-0.3, -0.25) is 4.79 Å². The van der Waals surface area contributed by atoms with Crippen LogP contribution in [0, 0.1) is 0 Å². The lowest BCUT2D eigenvalue weighted by molar-refractivity contribution is -0.116. The topological polar surface area (TPSA) is 60.5 Å². The fourth-order valence-corrected chi connectivity index (χ4v) is 3.90. The first kappa shape index (κ1) is 20.6. The molecule has 1 amide bonds. The molecule has 6 heteroatoms. The zero-order valence-corrected chi connectivity index (χ0v) is 17.9. The number of rotatable bonds is 8. The predicted octanol–water partition coefficient (Wildman–Crippen LogP) is 5.21. The van der Waals surface area contributed by atoms with Crippen LogP contribution in [0.25, 0.3) is 16.3 Å². The summed E-state index contributed by atoms with van der Waals surface area (Å²) in [7, 11) is 1.60. The number of nitrogens with one attached hydrogen (secondary N) is 1. The van der Waals surface area contributed by atoms with E-state index in [4.69, 9.17) is 9.47 Å². The van der Waals surface area contributed by atoms with E-state index >= 15 is 0 Å². The summed E-state index contributed by atoms with van der Waals surface area (Å²) >= 11 is 1.55. The normalized spacial score (nSPS) is 11.0. The summed E-state index contributed by atoms with van der Waals surface area (Å²) in [6.45, 7) is 0.849. The van der Waals surface area contributed by atoms with Gasteiger partial charge in [0.15, 0.2) is 11.5 Å². The maximum absolute atomic E-state index is 12.2. The summed E-state index contributed by atoms with van der Waals surface area (Å²) in [6, 6.07) is 23.5. The number of methoxy groups -OCH3 is 1. The molecular weight excluding hydrogens is 408 g/mol. The van der Waals surface area contributed by atoms with Crippen LogP contribution in [0.5, 0.6) is 11.5 Å². The zero-order chi connectivity index (χ0) is 21.5. The first-order valence-corrected chi connectivity index (χ1v) is 10.7. The molecule has 5 nitrogen and oxygen atoms in total. The molecule has 0 bridgehead atoms. The van der Waals surface area contributed by atoms with Gasteiger partial charge in [0, 0.05) is 12.6 Å². The molecule has 0 aliphatic carbocycles. The lowest BCUT2D eigenvalue weighted by atomic mass is 10.2. The van der Waals surface area contributed by atoms with Crippen LogP contribution in [-0.4, -0.2) is 18.0 Å². The van der Waals surface area contributed by atoms with Crippen LogP contribution >= 0.6 is 11.3 Å². The number of benzene rings is 3. The second-order valence-electron chi connectivity index (χ2n) is 6.83. The summed E-state index contributed by atoms with van der Waals surface area (Å²) in [5.41, 5.74) is 2.95. The Hall–Kier alpha value is -3.64. The number of amides is 1. The number of carbonyl (C=O) groups excluding carboxylic acids is 1. The van der Waals surface area contributed by atoms with Gasteiger partial charge in [-0.25, -0.2) is 4.98 Å². The van der Waals surface area contributed by atoms with Gasteiger partial charge in [-0.15, -0.1) is 11.3 Å². The van der Waals surface area contributed by atoms with E-state index in [1.54, 1.807) is 24.5 Å². The van der Waals surface area contributed by atoms with E-state index < -0.39 is 0 Å². The Bertz CT molecular complexity index is 1170. The Morgan fingerprint density at radius 1 is 1.00 bits per heavy atom. The molecule has 0 unspecified atom stereocenters. The minimum Gasteiger partial charge on any atom is -0.493 e. The quantitative estimate of drug-likeness (QED) is 0.390. The second kappa shape index (κ2) is 9.91. The third-order valence-electron chi connectivity index (χ3n) is 4.62. The van der Waals surface area contributed by atoms with Crippen molar-refractivity contribution < 1.29 is 14.3 Å². The Kier molecular flexibility index (Phi) is 6.59. The molecule has 0 aliphatic heterocycles. The molecule has 0 radical (unpaired) electrons. The summed E-state index contributed by atoms with van der Waals surface area (Å²) in [6.07, 6.45) is 3.24. The molecule has 4 rings (SSSR count). The van der Waals surface area contributed by atoms with Crippen LogP contribution in [0.2, 0.25) is 0 Å². The van der Waals surface area contributed by atoms with Crippen LogP contribution in [0.3, 0.4) is 0 Å². The van der Waals surface area contributed by atoms with Gasteiger partial charge < -0.3 is 14.8 Å². The van der Waals surface area contributed by atoms with Crippen LogP contribution in [0.1, 0.15) is 16.1 Å². The van der Waals surface area contributed by atoms with Crippen molar-refractivity contribution >= 4 is 33.5 Å². The van der Waals surface area contributed by atoms with Gasteiger partial charge in [-0.05, 0) is 41.5 Å². The molecule has 0 spiro atoms. The highest BCUT2D eigenvalue weighted by Crippen LogP contribution is 2.29. The zero-order valence-electron chi connectivity index (χ0n) is 17.1. The number of para-hydroxylation sites is 1.